The van der Waals surface area contributed by atoms with Gasteiger partial charge in [-0.2, -0.15) is 10.2 Å². The maximum absolute atomic E-state index is 3.90. The lowest BCUT2D eigenvalue weighted by atomic mass is 10.3. The summed E-state index contributed by atoms with van der Waals surface area (Å²) in [5, 5.41) is 7.79. The molecule has 0 spiro atoms. The van der Waals surface area contributed by atoms with Crippen LogP contribution in [0.15, 0.2) is 83.4 Å². The molecule has 0 fully saturated rings. The van der Waals surface area contributed by atoms with Crippen LogP contribution in [0.2, 0.25) is 0 Å². The molecular weight excluding hydrogens is 196 g/mol. The predicted molar refractivity (Wildman–Crippen MR) is 71.0 cm³/mol. The number of hydrogen-bond acceptors (Lipinski definition) is 2. The first kappa shape index (κ1) is 14.0. The van der Waals surface area contributed by atoms with Crippen LogP contribution in [0.5, 0.6) is 0 Å². The van der Waals surface area contributed by atoms with Crippen molar-refractivity contribution < 1.29 is 0 Å². The molecule has 0 radical (unpaired) electrons. The van der Waals surface area contributed by atoms with Crippen molar-refractivity contribution in [3.8, 4) is 0 Å². The lowest BCUT2D eigenvalue weighted by Crippen LogP contribution is -1.71. The number of rotatable bonds is 6. The zero-order chi connectivity index (χ0) is 12.6. The van der Waals surface area contributed by atoms with E-state index in [-0.39, 0.29) is 0 Å². The summed E-state index contributed by atoms with van der Waals surface area (Å²) in [5.41, 5.74) is 3.01. The second-order valence-electron chi connectivity index (χ2n) is 3.54. The average Bonchev–Trinajstić information content (AvgIpc) is 2.20. The van der Waals surface area contributed by atoms with Gasteiger partial charge in [-0.25, -0.2) is 0 Å². The molecule has 2 heteroatoms. The quantitative estimate of drug-likeness (QED) is 0.451. The highest BCUT2D eigenvalue weighted by Gasteiger charge is 1.85. The van der Waals surface area contributed by atoms with Crippen molar-refractivity contribution in [3.63, 3.8) is 0 Å². The van der Waals surface area contributed by atoms with Gasteiger partial charge in [0.15, 0.2) is 0 Å². The summed E-state index contributed by atoms with van der Waals surface area (Å²) >= 11 is 0. The standard InChI is InChI=1S/C14H18N2/c1-11(2)7-9-13(5)15-16-14(6)10-8-12(3)4/h7-10H,1,3,5-6H2,2,4H3/b9-7-,10-8-,16-15?. The number of hydrogen-bond donors (Lipinski definition) is 0. The molecule has 84 valence electrons. The van der Waals surface area contributed by atoms with Gasteiger partial charge in [0, 0.05) is 0 Å². The fourth-order valence-corrected chi connectivity index (χ4v) is 0.672. The Morgan fingerprint density at radius 2 is 1.00 bits per heavy atom. The van der Waals surface area contributed by atoms with Crippen molar-refractivity contribution in [1.82, 2.24) is 0 Å². The normalized spacial score (nSPS) is 11.4. The van der Waals surface area contributed by atoms with E-state index in [4.69, 9.17) is 0 Å². The van der Waals surface area contributed by atoms with Gasteiger partial charge in [0.1, 0.15) is 0 Å². The van der Waals surface area contributed by atoms with E-state index >= 15 is 0 Å². The van der Waals surface area contributed by atoms with Gasteiger partial charge in [0.05, 0.1) is 11.4 Å². The molecule has 0 aliphatic heterocycles. The second-order valence-corrected chi connectivity index (χ2v) is 3.54. The van der Waals surface area contributed by atoms with Crippen molar-refractivity contribution in [3.05, 3.63) is 73.2 Å². The summed E-state index contributed by atoms with van der Waals surface area (Å²) in [6.07, 6.45) is 7.16. The Bertz CT molecular complexity index is 355. The third kappa shape index (κ3) is 8.63. The highest BCUT2D eigenvalue weighted by molar-refractivity contribution is 5.24. The lowest BCUT2D eigenvalue weighted by Gasteiger charge is -1.91. The van der Waals surface area contributed by atoms with Gasteiger partial charge in [0.2, 0.25) is 0 Å². The third-order valence-corrected chi connectivity index (χ3v) is 1.43. The van der Waals surface area contributed by atoms with Gasteiger partial charge in [0.25, 0.3) is 0 Å². The Hall–Kier alpha value is -1.96. The molecule has 0 saturated carbocycles. The van der Waals surface area contributed by atoms with Crippen molar-refractivity contribution in [2.45, 2.75) is 13.8 Å². The Labute approximate surface area is 97.8 Å². The molecule has 0 amide bonds. The van der Waals surface area contributed by atoms with Crippen LogP contribution in [0.25, 0.3) is 0 Å². The maximum atomic E-state index is 3.90. The van der Waals surface area contributed by atoms with Gasteiger partial charge in [-0.05, 0) is 26.0 Å². The molecule has 0 aromatic carbocycles. The molecule has 0 bridgehead atoms. The molecule has 0 heterocycles. The molecule has 0 N–H and O–H groups in total. The number of azo groups is 1. The zero-order valence-corrected chi connectivity index (χ0v) is 10.0. The summed E-state index contributed by atoms with van der Waals surface area (Å²) in [6.45, 7) is 18.7. The van der Waals surface area contributed by atoms with Crippen molar-refractivity contribution in [1.29, 1.82) is 0 Å². The summed E-state index contributed by atoms with van der Waals surface area (Å²) in [4.78, 5) is 0. The molecule has 0 aromatic rings. The second kappa shape index (κ2) is 7.35. The van der Waals surface area contributed by atoms with Crippen LogP contribution in [-0.4, -0.2) is 0 Å². The minimum Gasteiger partial charge on any atom is -0.151 e. The SMILES string of the molecule is C=C(C)/C=C\C(=C)N=NC(=C)/C=C\C(=C)C. The summed E-state index contributed by atoms with van der Waals surface area (Å²) in [5.74, 6) is 0. The zero-order valence-electron chi connectivity index (χ0n) is 10.0. The highest BCUT2D eigenvalue weighted by Crippen LogP contribution is 2.04. The summed E-state index contributed by atoms with van der Waals surface area (Å²) in [6, 6.07) is 0. The molecule has 0 aromatic heterocycles. The monoisotopic (exact) mass is 214 g/mol. The highest BCUT2D eigenvalue weighted by atomic mass is 15.1. The average molecular weight is 214 g/mol. The first-order chi connectivity index (χ1) is 7.41. The van der Waals surface area contributed by atoms with E-state index in [1.54, 1.807) is 12.2 Å². The van der Waals surface area contributed by atoms with Crippen LogP contribution < -0.4 is 0 Å². The molecule has 16 heavy (non-hydrogen) atoms. The van der Waals surface area contributed by atoms with E-state index in [0.717, 1.165) is 11.1 Å². The van der Waals surface area contributed by atoms with Gasteiger partial charge in [-0.3, -0.25) is 0 Å². The Balaban J connectivity index is 4.29. The van der Waals surface area contributed by atoms with E-state index < -0.39 is 0 Å². The van der Waals surface area contributed by atoms with Crippen LogP contribution in [0.1, 0.15) is 13.8 Å². The van der Waals surface area contributed by atoms with Crippen LogP contribution in [-0.2, 0) is 0 Å². The van der Waals surface area contributed by atoms with Gasteiger partial charge in [-0.15, -0.1) is 0 Å². The van der Waals surface area contributed by atoms with Crippen LogP contribution in [0, 0.1) is 0 Å². The van der Waals surface area contributed by atoms with Gasteiger partial charge in [-0.1, -0.05) is 49.6 Å². The molecule has 2 nitrogen and oxygen atoms in total. The van der Waals surface area contributed by atoms with Gasteiger partial charge >= 0.3 is 0 Å². The first-order valence-corrected chi connectivity index (χ1v) is 4.88. The van der Waals surface area contributed by atoms with E-state index in [2.05, 4.69) is 36.5 Å². The third-order valence-electron chi connectivity index (χ3n) is 1.43. The molecule has 0 rings (SSSR count). The fraction of sp³-hybridized carbons (Fsp3) is 0.143. The van der Waals surface area contributed by atoms with Crippen LogP contribution in [0.4, 0.5) is 0 Å². The maximum Gasteiger partial charge on any atom is 0.0785 e. The lowest BCUT2D eigenvalue weighted by molar-refractivity contribution is 1.13. The van der Waals surface area contributed by atoms with Crippen molar-refractivity contribution >= 4 is 0 Å². The smallest absolute Gasteiger partial charge is 0.0785 e. The van der Waals surface area contributed by atoms with Crippen molar-refractivity contribution in [2.75, 3.05) is 0 Å². The van der Waals surface area contributed by atoms with E-state index in [1.165, 1.54) is 0 Å². The number of nitrogens with zero attached hydrogens (tertiary/aromatic N) is 2. The minimum atomic E-state index is 0.563. The van der Waals surface area contributed by atoms with E-state index in [0.29, 0.717) is 11.4 Å². The molecule has 0 aliphatic rings. The molecule has 0 aliphatic carbocycles. The minimum absolute atomic E-state index is 0.563. The fourth-order valence-electron chi connectivity index (χ4n) is 0.672. The topological polar surface area (TPSA) is 24.7 Å². The van der Waals surface area contributed by atoms with Crippen LogP contribution in [0.3, 0.4) is 0 Å². The largest absolute Gasteiger partial charge is 0.151 e. The Morgan fingerprint density at radius 3 is 1.25 bits per heavy atom. The molecule has 0 saturated heterocycles. The van der Waals surface area contributed by atoms with E-state index in [1.807, 2.05) is 26.0 Å². The Morgan fingerprint density at radius 1 is 0.688 bits per heavy atom. The van der Waals surface area contributed by atoms with Crippen LogP contribution >= 0.6 is 0 Å². The van der Waals surface area contributed by atoms with Gasteiger partial charge < -0.3 is 0 Å². The molecular formula is C14H18N2. The first-order valence-electron chi connectivity index (χ1n) is 4.88. The molecule has 0 atom stereocenters. The summed E-state index contributed by atoms with van der Waals surface area (Å²) in [7, 11) is 0. The van der Waals surface area contributed by atoms with E-state index in [9.17, 15) is 0 Å². The number of allylic oxidation sites excluding steroid dienone is 6. The molecule has 0 unspecified atom stereocenters. The predicted octanol–water partition coefficient (Wildman–Crippen LogP) is 4.73. The summed E-state index contributed by atoms with van der Waals surface area (Å²) < 4.78 is 0. The Kier molecular flexibility index (Phi) is 6.45. The van der Waals surface area contributed by atoms with Crippen molar-refractivity contribution in [2.24, 2.45) is 10.2 Å².